The maximum Gasteiger partial charge on any atom is 0.195 e. The number of hydrogen-bond acceptors (Lipinski definition) is 4. The molecule has 1 N–H and O–H groups in total. The molecule has 6 heteroatoms. The second-order valence-electron chi connectivity index (χ2n) is 6.82. The zero-order valence-corrected chi connectivity index (χ0v) is 16.2. The number of fused-ring (bicyclic) bond motifs is 1. The van der Waals surface area contributed by atoms with Gasteiger partial charge in [-0.3, -0.25) is 4.79 Å². The second-order valence-corrected chi connectivity index (χ2v) is 8.84. The van der Waals surface area contributed by atoms with Crippen molar-refractivity contribution in [1.29, 1.82) is 0 Å². The smallest absolute Gasteiger partial charge is 0.195 e. The Labute approximate surface area is 163 Å². The van der Waals surface area contributed by atoms with Crippen molar-refractivity contribution in [3.63, 3.8) is 0 Å². The molecule has 4 rings (SSSR count). The van der Waals surface area contributed by atoms with E-state index in [1.807, 2.05) is 37.3 Å². The van der Waals surface area contributed by atoms with Crippen LogP contribution in [0.5, 0.6) is 0 Å². The lowest BCUT2D eigenvalue weighted by Gasteiger charge is -2.05. The summed E-state index contributed by atoms with van der Waals surface area (Å²) in [5.41, 5.74) is 4.25. The Balaban J connectivity index is 1.82. The molecule has 0 radical (unpaired) electrons. The number of nitrogens with one attached hydrogen (secondary N) is 1. The van der Waals surface area contributed by atoms with Gasteiger partial charge in [0.05, 0.1) is 4.90 Å². The van der Waals surface area contributed by atoms with E-state index in [1.165, 1.54) is 6.26 Å². The van der Waals surface area contributed by atoms with Gasteiger partial charge in [-0.2, -0.15) is 0 Å². The Hall–Kier alpha value is -3.25. The summed E-state index contributed by atoms with van der Waals surface area (Å²) in [6.45, 7) is 1.94. The van der Waals surface area contributed by atoms with Crippen LogP contribution >= 0.6 is 0 Å². The van der Waals surface area contributed by atoms with E-state index in [2.05, 4.69) is 9.97 Å². The average molecular weight is 390 g/mol. The van der Waals surface area contributed by atoms with Crippen LogP contribution in [-0.4, -0.2) is 30.4 Å². The molecule has 0 fully saturated rings. The predicted octanol–water partition coefficient (Wildman–Crippen LogP) is 4.17. The highest BCUT2D eigenvalue weighted by atomic mass is 32.2. The highest BCUT2D eigenvalue weighted by Crippen LogP contribution is 2.27. The van der Waals surface area contributed by atoms with Gasteiger partial charge in [0.2, 0.25) is 0 Å². The Kier molecular flexibility index (Phi) is 4.35. The van der Waals surface area contributed by atoms with Crippen molar-refractivity contribution in [2.45, 2.75) is 11.8 Å². The number of carbonyl (C=O) groups excluding carboxylic acids is 1. The lowest BCUT2D eigenvalue weighted by Crippen LogP contribution is -2.00. The molecule has 0 unspecified atom stereocenters. The Morgan fingerprint density at radius 2 is 1.79 bits per heavy atom. The van der Waals surface area contributed by atoms with Crippen molar-refractivity contribution in [1.82, 2.24) is 9.97 Å². The van der Waals surface area contributed by atoms with Gasteiger partial charge in [0, 0.05) is 40.7 Å². The Morgan fingerprint density at radius 1 is 1.00 bits per heavy atom. The predicted molar refractivity (Wildman–Crippen MR) is 109 cm³/mol. The van der Waals surface area contributed by atoms with Gasteiger partial charge in [0.1, 0.15) is 5.65 Å². The first-order valence-electron chi connectivity index (χ1n) is 8.72. The van der Waals surface area contributed by atoms with Crippen molar-refractivity contribution in [2.24, 2.45) is 0 Å². The van der Waals surface area contributed by atoms with Gasteiger partial charge in [-0.15, -0.1) is 0 Å². The van der Waals surface area contributed by atoms with Crippen LogP contribution in [0.4, 0.5) is 0 Å². The maximum absolute atomic E-state index is 13.0. The zero-order chi connectivity index (χ0) is 19.9. The number of benzene rings is 2. The normalized spacial score (nSPS) is 11.6. The summed E-state index contributed by atoms with van der Waals surface area (Å²) in [5, 5.41) is 0.703. The number of H-pyrrole nitrogens is 1. The fourth-order valence-corrected chi connectivity index (χ4v) is 3.86. The van der Waals surface area contributed by atoms with Crippen LogP contribution in [0.1, 0.15) is 21.5 Å². The first-order chi connectivity index (χ1) is 13.3. The standard InChI is InChI=1S/C22H18N2O3S/c1-14-5-3-7-16(9-14)21(25)20-13-24-22-19(20)11-17(12-23-22)15-6-4-8-18(10-15)28(2,26)27/h3-13H,1-2H3,(H,23,24). The maximum atomic E-state index is 13.0. The lowest BCUT2D eigenvalue weighted by molar-refractivity contribution is 0.104. The number of nitrogens with zero attached hydrogens (tertiary/aromatic N) is 1. The SMILES string of the molecule is Cc1cccc(C(=O)c2c[nH]c3ncc(-c4cccc(S(C)(=O)=O)c4)cc23)c1. The van der Waals surface area contributed by atoms with Crippen molar-refractivity contribution in [3.05, 3.63) is 83.7 Å². The Bertz CT molecular complexity index is 1320. The molecule has 0 bridgehead atoms. The molecule has 0 saturated carbocycles. The van der Waals surface area contributed by atoms with Gasteiger partial charge < -0.3 is 4.98 Å². The summed E-state index contributed by atoms with van der Waals surface area (Å²) < 4.78 is 23.7. The molecule has 0 atom stereocenters. The van der Waals surface area contributed by atoms with Crippen LogP contribution in [0.15, 0.2) is 71.9 Å². The van der Waals surface area contributed by atoms with Crippen LogP contribution in [0.25, 0.3) is 22.2 Å². The van der Waals surface area contributed by atoms with E-state index in [4.69, 9.17) is 0 Å². The number of rotatable bonds is 4. The van der Waals surface area contributed by atoms with E-state index in [0.29, 0.717) is 22.2 Å². The number of sulfone groups is 1. The minimum Gasteiger partial charge on any atom is -0.345 e. The molecule has 2 aromatic carbocycles. The van der Waals surface area contributed by atoms with Crippen molar-refractivity contribution in [3.8, 4) is 11.1 Å². The molecule has 0 saturated heterocycles. The molecule has 140 valence electrons. The summed E-state index contributed by atoms with van der Waals surface area (Å²) >= 11 is 0. The third-order valence-corrected chi connectivity index (χ3v) is 5.76. The first kappa shape index (κ1) is 18.1. The van der Waals surface area contributed by atoms with Gasteiger partial charge >= 0.3 is 0 Å². The number of hydrogen-bond donors (Lipinski definition) is 1. The number of aromatic nitrogens is 2. The van der Waals surface area contributed by atoms with Crippen molar-refractivity contribution >= 4 is 26.7 Å². The van der Waals surface area contributed by atoms with E-state index in [-0.39, 0.29) is 10.7 Å². The molecule has 28 heavy (non-hydrogen) atoms. The van der Waals surface area contributed by atoms with Crippen molar-refractivity contribution < 1.29 is 13.2 Å². The van der Waals surface area contributed by atoms with Gasteiger partial charge in [-0.05, 0) is 36.8 Å². The molecule has 0 aliphatic rings. The number of ketones is 1. The minimum atomic E-state index is -3.31. The van der Waals surface area contributed by atoms with E-state index in [1.54, 1.807) is 36.7 Å². The second kappa shape index (κ2) is 6.73. The summed E-state index contributed by atoms with van der Waals surface area (Å²) in [7, 11) is -3.31. The monoisotopic (exact) mass is 390 g/mol. The molecule has 0 aliphatic heterocycles. The van der Waals surface area contributed by atoms with Crippen LogP contribution < -0.4 is 0 Å². The molecule has 0 spiro atoms. The minimum absolute atomic E-state index is 0.0845. The summed E-state index contributed by atoms with van der Waals surface area (Å²) in [4.78, 5) is 20.7. The molecule has 5 nitrogen and oxygen atoms in total. The van der Waals surface area contributed by atoms with Crippen LogP contribution in [0.2, 0.25) is 0 Å². The lowest BCUT2D eigenvalue weighted by atomic mass is 10.00. The van der Waals surface area contributed by atoms with Crippen LogP contribution in [0.3, 0.4) is 0 Å². The molecule has 4 aromatic rings. The fraction of sp³-hybridized carbons (Fsp3) is 0.0909. The molecule has 0 aliphatic carbocycles. The molecule has 2 heterocycles. The highest BCUT2D eigenvalue weighted by molar-refractivity contribution is 7.90. The molecular formula is C22H18N2O3S. The summed E-state index contributed by atoms with van der Waals surface area (Å²) in [6, 6.07) is 16.0. The summed E-state index contributed by atoms with van der Waals surface area (Å²) in [5.74, 6) is -0.0845. The molecular weight excluding hydrogens is 372 g/mol. The topological polar surface area (TPSA) is 79.9 Å². The van der Waals surface area contributed by atoms with Crippen LogP contribution in [-0.2, 0) is 9.84 Å². The van der Waals surface area contributed by atoms with Crippen LogP contribution in [0, 0.1) is 6.92 Å². The Morgan fingerprint density at radius 3 is 2.54 bits per heavy atom. The largest absolute Gasteiger partial charge is 0.345 e. The zero-order valence-electron chi connectivity index (χ0n) is 15.4. The van der Waals surface area contributed by atoms with Gasteiger partial charge in [-0.25, -0.2) is 13.4 Å². The third-order valence-electron chi connectivity index (χ3n) is 4.65. The fourth-order valence-electron chi connectivity index (χ4n) is 3.20. The number of pyridine rings is 1. The number of aromatic amines is 1. The van der Waals surface area contributed by atoms with E-state index >= 15 is 0 Å². The molecule has 0 amide bonds. The summed E-state index contributed by atoms with van der Waals surface area (Å²) in [6.07, 6.45) is 4.51. The highest BCUT2D eigenvalue weighted by Gasteiger charge is 2.16. The average Bonchev–Trinajstić information content (AvgIpc) is 3.10. The quantitative estimate of drug-likeness (QED) is 0.530. The van der Waals surface area contributed by atoms with E-state index in [0.717, 1.165) is 16.7 Å². The number of aryl methyl sites for hydroxylation is 1. The molecule has 2 aromatic heterocycles. The van der Waals surface area contributed by atoms with Gasteiger partial charge in [0.15, 0.2) is 15.6 Å². The third kappa shape index (κ3) is 3.34. The van der Waals surface area contributed by atoms with Crippen molar-refractivity contribution in [2.75, 3.05) is 6.26 Å². The van der Waals surface area contributed by atoms with Gasteiger partial charge in [0.25, 0.3) is 0 Å². The number of carbonyl (C=O) groups is 1. The first-order valence-corrected chi connectivity index (χ1v) is 10.6. The van der Waals surface area contributed by atoms with E-state index < -0.39 is 9.84 Å². The van der Waals surface area contributed by atoms with E-state index in [9.17, 15) is 13.2 Å². The van der Waals surface area contributed by atoms with Gasteiger partial charge in [-0.1, -0.05) is 35.9 Å².